The zero-order valence-corrected chi connectivity index (χ0v) is 9.96. The molecule has 0 saturated carbocycles. The van der Waals surface area contributed by atoms with E-state index in [2.05, 4.69) is 31.2 Å². The number of hydrogen-bond donors (Lipinski definition) is 2. The van der Waals surface area contributed by atoms with Gasteiger partial charge < -0.3 is 10.8 Å². The molecule has 0 saturated heterocycles. The van der Waals surface area contributed by atoms with Gasteiger partial charge in [-0.3, -0.25) is 0 Å². The van der Waals surface area contributed by atoms with Crippen LogP contribution < -0.4 is 5.73 Å². The normalized spacial score (nSPS) is 11.9. The van der Waals surface area contributed by atoms with Crippen molar-refractivity contribution in [3.8, 4) is 0 Å². The minimum atomic E-state index is 0. The van der Waals surface area contributed by atoms with E-state index >= 15 is 0 Å². The van der Waals surface area contributed by atoms with Crippen LogP contribution in [0.25, 0.3) is 0 Å². The fourth-order valence-electron chi connectivity index (χ4n) is 1.48. The summed E-state index contributed by atoms with van der Waals surface area (Å²) in [5, 5.41) is 8.69. The van der Waals surface area contributed by atoms with E-state index in [1.54, 1.807) is 0 Å². The Morgan fingerprint density at radius 2 is 1.87 bits per heavy atom. The summed E-state index contributed by atoms with van der Waals surface area (Å²) in [5.74, 6) is 0. The van der Waals surface area contributed by atoms with Gasteiger partial charge in [-0.2, -0.15) is 0 Å². The Bertz CT molecular complexity index is 261. The van der Waals surface area contributed by atoms with Crippen molar-refractivity contribution >= 4 is 12.4 Å². The molecule has 15 heavy (non-hydrogen) atoms. The number of aryl methyl sites for hydroxylation is 1. The minimum Gasteiger partial charge on any atom is -0.396 e. The molecule has 3 heteroatoms. The average Bonchev–Trinajstić information content (AvgIpc) is 2.26. The SMILES string of the molecule is CCc1ccc([C@H](N)CCCO)cc1.Cl. The lowest BCUT2D eigenvalue weighted by molar-refractivity contribution is 0.280. The van der Waals surface area contributed by atoms with Gasteiger partial charge in [-0.25, -0.2) is 0 Å². The quantitative estimate of drug-likeness (QED) is 0.815. The van der Waals surface area contributed by atoms with Crippen molar-refractivity contribution in [3.05, 3.63) is 35.4 Å². The van der Waals surface area contributed by atoms with Gasteiger partial charge in [0.15, 0.2) is 0 Å². The molecule has 0 amide bonds. The molecular weight excluding hydrogens is 210 g/mol. The van der Waals surface area contributed by atoms with E-state index in [0.717, 1.165) is 24.8 Å². The van der Waals surface area contributed by atoms with Crippen LogP contribution >= 0.6 is 12.4 Å². The van der Waals surface area contributed by atoms with E-state index < -0.39 is 0 Å². The molecule has 3 N–H and O–H groups in total. The number of rotatable bonds is 5. The van der Waals surface area contributed by atoms with E-state index in [-0.39, 0.29) is 25.1 Å². The highest BCUT2D eigenvalue weighted by Crippen LogP contribution is 2.16. The first kappa shape index (κ1) is 14.4. The highest BCUT2D eigenvalue weighted by atomic mass is 35.5. The summed E-state index contributed by atoms with van der Waals surface area (Å²) in [6, 6.07) is 8.47. The van der Waals surface area contributed by atoms with Gasteiger partial charge in [-0.15, -0.1) is 12.4 Å². The molecule has 0 aliphatic carbocycles. The van der Waals surface area contributed by atoms with Crippen molar-refractivity contribution in [2.45, 2.75) is 32.2 Å². The predicted octanol–water partition coefficient (Wildman–Crippen LogP) is 2.44. The number of benzene rings is 1. The zero-order chi connectivity index (χ0) is 10.4. The Kier molecular flexibility index (Phi) is 7.39. The van der Waals surface area contributed by atoms with Gasteiger partial charge in [0.25, 0.3) is 0 Å². The van der Waals surface area contributed by atoms with Crippen LogP contribution in [0, 0.1) is 0 Å². The van der Waals surface area contributed by atoms with Crippen LogP contribution in [0.2, 0.25) is 0 Å². The minimum absolute atomic E-state index is 0. The number of nitrogens with two attached hydrogens (primary N) is 1. The first-order chi connectivity index (χ1) is 6.77. The lowest BCUT2D eigenvalue weighted by atomic mass is 10.0. The third kappa shape index (κ3) is 4.65. The summed E-state index contributed by atoms with van der Waals surface area (Å²) in [6.45, 7) is 2.36. The van der Waals surface area contributed by atoms with E-state index in [9.17, 15) is 0 Å². The molecular formula is C12H20ClNO. The molecule has 1 aromatic carbocycles. The third-order valence-electron chi connectivity index (χ3n) is 2.49. The summed E-state index contributed by atoms with van der Waals surface area (Å²) in [5.41, 5.74) is 8.46. The maximum absolute atomic E-state index is 8.69. The van der Waals surface area contributed by atoms with Gasteiger partial charge >= 0.3 is 0 Å². The maximum Gasteiger partial charge on any atom is 0.0431 e. The Morgan fingerprint density at radius 3 is 2.33 bits per heavy atom. The molecule has 1 atom stereocenters. The largest absolute Gasteiger partial charge is 0.396 e. The average molecular weight is 230 g/mol. The smallest absolute Gasteiger partial charge is 0.0431 e. The molecule has 0 fully saturated rings. The van der Waals surface area contributed by atoms with Crippen LogP contribution in [0.4, 0.5) is 0 Å². The highest BCUT2D eigenvalue weighted by Gasteiger charge is 2.04. The predicted molar refractivity (Wildman–Crippen MR) is 66.3 cm³/mol. The number of aliphatic hydroxyl groups excluding tert-OH is 1. The topological polar surface area (TPSA) is 46.2 Å². The Balaban J connectivity index is 0.00000196. The van der Waals surface area contributed by atoms with Crippen LogP contribution in [-0.2, 0) is 6.42 Å². The Labute approximate surface area is 97.9 Å². The van der Waals surface area contributed by atoms with Gasteiger partial charge in [0, 0.05) is 12.6 Å². The summed E-state index contributed by atoms with van der Waals surface area (Å²) in [7, 11) is 0. The number of aliphatic hydroxyl groups is 1. The lowest BCUT2D eigenvalue weighted by Gasteiger charge is -2.11. The van der Waals surface area contributed by atoms with Crippen LogP contribution in [0.1, 0.15) is 36.9 Å². The lowest BCUT2D eigenvalue weighted by Crippen LogP contribution is -2.10. The van der Waals surface area contributed by atoms with Crippen molar-refractivity contribution in [1.29, 1.82) is 0 Å². The van der Waals surface area contributed by atoms with E-state index in [4.69, 9.17) is 10.8 Å². The molecule has 2 nitrogen and oxygen atoms in total. The number of halogens is 1. The van der Waals surface area contributed by atoms with Crippen LogP contribution in [0.5, 0.6) is 0 Å². The van der Waals surface area contributed by atoms with Crippen molar-refractivity contribution in [2.24, 2.45) is 5.73 Å². The van der Waals surface area contributed by atoms with Gasteiger partial charge in [-0.1, -0.05) is 31.2 Å². The molecule has 0 aliphatic rings. The Hall–Kier alpha value is -0.570. The molecule has 0 heterocycles. The molecule has 1 rings (SSSR count). The van der Waals surface area contributed by atoms with Gasteiger partial charge in [0.05, 0.1) is 0 Å². The van der Waals surface area contributed by atoms with Crippen LogP contribution in [0.15, 0.2) is 24.3 Å². The fourth-order valence-corrected chi connectivity index (χ4v) is 1.48. The van der Waals surface area contributed by atoms with Crippen molar-refractivity contribution in [2.75, 3.05) is 6.61 Å². The second kappa shape index (κ2) is 7.69. The Morgan fingerprint density at radius 1 is 1.27 bits per heavy atom. The molecule has 0 radical (unpaired) electrons. The van der Waals surface area contributed by atoms with Crippen LogP contribution in [-0.4, -0.2) is 11.7 Å². The standard InChI is InChI=1S/C12H19NO.ClH/c1-2-10-5-7-11(8-6-10)12(13)4-3-9-14;/h5-8,12,14H,2-4,9,13H2,1H3;1H/t12-;/m1./s1. The van der Waals surface area contributed by atoms with E-state index in [1.807, 2.05) is 0 Å². The summed E-state index contributed by atoms with van der Waals surface area (Å²) in [6.07, 6.45) is 2.69. The first-order valence-electron chi connectivity index (χ1n) is 5.23. The van der Waals surface area contributed by atoms with Crippen molar-refractivity contribution < 1.29 is 5.11 Å². The second-order valence-corrected chi connectivity index (χ2v) is 3.57. The molecule has 86 valence electrons. The molecule has 0 spiro atoms. The molecule has 0 aromatic heterocycles. The summed E-state index contributed by atoms with van der Waals surface area (Å²) >= 11 is 0. The molecule has 0 bridgehead atoms. The van der Waals surface area contributed by atoms with Crippen molar-refractivity contribution in [3.63, 3.8) is 0 Å². The van der Waals surface area contributed by atoms with Crippen LogP contribution in [0.3, 0.4) is 0 Å². The summed E-state index contributed by atoms with van der Waals surface area (Å²) < 4.78 is 0. The maximum atomic E-state index is 8.69. The first-order valence-corrected chi connectivity index (χ1v) is 5.23. The zero-order valence-electron chi connectivity index (χ0n) is 9.15. The van der Waals surface area contributed by atoms with Crippen molar-refractivity contribution in [1.82, 2.24) is 0 Å². The summed E-state index contributed by atoms with van der Waals surface area (Å²) in [4.78, 5) is 0. The highest BCUT2D eigenvalue weighted by molar-refractivity contribution is 5.85. The van der Waals surface area contributed by atoms with Gasteiger partial charge in [0.2, 0.25) is 0 Å². The van der Waals surface area contributed by atoms with E-state index in [0.29, 0.717) is 0 Å². The molecule has 0 aliphatic heterocycles. The second-order valence-electron chi connectivity index (χ2n) is 3.57. The fraction of sp³-hybridized carbons (Fsp3) is 0.500. The van der Waals surface area contributed by atoms with Gasteiger partial charge in [-0.05, 0) is 30.4 Å². The molecule has 1 aromatic rings. The van der Waals surface area contributed by atoms with E-state index in [1.165, 1.54) is 5.56 Å². The number of hydrogen-bond acceptors (Lipinski definition) is 2. The molecule has 0 unspecified atom stereocenters. The van der Waals surface area contributed by atoms with Gasteiger partial charge in [0.1, 0.15) is 0 Å². The monoisotopic (exact) mass is 229 g/mol. The third-order valence-corrected chi connectivity index (χ3v) is 2.49.